The Balaban J connectivity index is 2.03. The number of rotatable bonds is 4. The number of benzene rings is 1. The number of hydrogen-bond acceptors (Lipinski definition) is 2. The highest BCUT2D eigenvalue weighted by molar-refractivity contribution is 5.26. The number of nitrogens with one attached hydrogen (secondary N) is 1. The fourth-order valence-electron chi connectivity index (χ4n) is 2.42. The minimum absolute atomic E-state index is 0.393. The van der Waals surface area contributed by atoms with E-state index < -0.39 is 0 Å². The molecule has 1 N–H and O–H groups in total. The highest BCUT2D eigenvalue weighted by Crippen LogP contribution is 2.19. The molecule has 0 aromatic heterocycles. The first kappa shape index (κ1) is 11.6. The minimum Gasteiger partial charge on any atom is -0.377 e. The largest absolute Gasteiger partial charge is 0.377 e. The molecule has 1 fully saturated rings. The fourth-order valence-corrected chi connectivity index (χ4v) is 2.42. The van der Waals surface area contributed by atoms with Crippen molar-refractivity contribution in [1.82, 2.24) is 5.32 Å². The fraction of sp³-hybridized carbons (Fsp3) is 0.571. The molecular formula is C14H21NO. The van der Waals surface area contributed by atoms with Gasteiger partial charge in [0, 0.05) is 12.6 Å². The van der Waals surface area contributed by atoms with Gasteiger partial charge < -0.3 is 10.1 Å². The van der Waals surface area contributed by atoms with Crippen molar-refractivity contribution >= 4 is 0 Å². The molecule has 2 atom stereocenters. The molecule has 16 heavy (non-hydrogen) atoms. The first-order chi connectivity index (χ1) is 7.81. The van der Waals surface area contributed by atoms with Crippen molar-refractivity contribution in [3.63, 3.8) is 0 Å². The molecule has 2 nitrogen and oxygen atoms in total. The van der Waals surface area contributed by atoms with E-state index in [2.05, 4.69) is 36.5 Å². The molecular weight excluding hydrogens is 198 g/mol. The van der Waals surface area contributed by atoms with Gasteiger partial charge in [0.15, 0.2) is 0 Å². The van der Waals surface area contributed by atoms with Gasteiger partial charge in [-0.05, 0) is 44.4 Å². The maximum atomic E-state index is 5.76. The molecule has 1 aromatic rings. The van der Waals surface area contributed by atoms with Crippen molar-refractivity contribution in [2.24, 2.45) is 0 Å². The Kier molecular flexibility index (Phi) is 3.97. The van der Waals surface area contributed by atoms with E-state index in [1.165, 1.54) is 24.0 Å². The highest BCUT2D eigenvalue weighted by Gasteiger charge is 2.24. The maximum Gasteiger partial charge on any atom is 0.0732 e. The van der Waals surface area contributed by atoms with Crippen LogP contribution in [0.5, 0.6) is 0 Å². The van der Waals surface area contributed by atoms with Gasteiger partial charge in [-0.25, -0.2) is 0 Å². The van der Waals surface area contributed by atoms with Crippen LogP contribution in [-0.4, -0.2) is 25.8 Å². The Hall–Kier alpha value is -0.860. The predicted octanol–water partition coefficient (Wildman–Crippen LogP) is 2.30. The molecule has 0 aliphatic carbocycles. The van der Waals surface area contributed by atoms with Crippen LogP contribution in [0.15, 0.2) is 24.3 Å². The molecule has 1 aliphatic heterocycles. The highest BCUT2D eigenvalue weighted by atomic mass is 16.5. The number of aryl methyl sites for hydroxylation is 1. The quantitative estimate of drug-likeness (QED) is 0.839. The topological polar surface area (TPSA) is 21.3 Å². The summed E-state index contributed by atoms with van der Waals surface area (Å²) >= 11 is 0. The third-order valence-electron chi connectivity index (χ3n) is 3.49. The summed E-state index contributed by atoms with van der Waals surface area (Å²) in [5, 5.41) is 3.39. The summed E-state index contributed by atoms with van der Waals surface area (Å²) in [6.45, 7) is 3.11. The van der Waals surface area contributed by atoms with Gasteiger partial charge in [0.1, 0.15) is 0 Å². The average Bonchev–Trinajstić information content (AvgIpc) is 2.81. The Labute approximate surface area is 98.0 Å². The van der Waals surface area contributed by atoms with Crippen molar-refractivity contribution < 1.29 is 4.74 Å². The van der Waals surface area contributed by atoms with Crippen LogP contribution < -0.4 is 5.32 Å². The third kappa shape index (κ3) is 2.63. The Morgan fingerprint density at radius 2 is 2.25 bits per heavy atom. The van der Waals surface area contributed by atoms with E-state index in [1.54, 1.807) is 0 Å². The summed E-state index contributed by atoms with van der Waals surface area (Å²) in [4.78, 5) is 0. The van der Waals surface area contributed by atoms with E-state index in [9.17, 15) is 0 Å². The van der Waals surface area contributed by atoms with Crippen molar-refractivity contribution in [3.05, 3.63) is 35.4 Å². The zero-order chi connectivity index (χ0) is 11.4. The molecule has 1 aromatic carbocycles. The molecule has 0 unspecified atom stereocenters. The van der Waals surface area contributed by atoms with E-state index in [-0.39, 0.29) is 0 Å². The van der Waals surface area contributed by atoms with Crippen LogP contribution in [0, 0.1) is 6.92 Å². The van der Waals surface area contributed by atoms with Gasteiger partial charge in [-0.2, -0.15) is 0 Å². The molecule has 2 rings (SSSR count). The summed E-state index contributed by atoms with van der Waals surface area (Å²) in [5.74, 6) is 0. The third-order valence-corrected chi connectivity index (χ3v) is 3.49. The summed E-state index contributed by atoms with van der Waals surface area (Å²) in [7, 11) is 2.03. The lowest BCUT2D eigenvalue weighted by Crippen LogP contribution is -2.39. The molecule has 1 saturated heterocycles. The monoisotopic (exact) mass is 219 g/mol. The van der Waals surface area contributed by atoms with Gasteiger partial charge >= 0.3 is 0 Å². The second-order valence-corrected chi connectivity index (χ2v) is 4.58. The summed E-state index contributed by atoms with van der Waals surface area (Å²) in [6, 6.07) is 9.05. The SMILES string of the molecule is CN[C@H](Cc1ccccc1C)[C@@H]1CCCO1. The smallest absolute Gasteiger partial charge is 0.0732 e. The van der Waals surface area contributed by atoms with E-state index >= 15 is 0 Å². The number of hydrogen-bond donors (Lipinski definition) is 1. The number of likely N-dealkylation sites (N-methyl/N-ethyl adjacent to an activating group) is 1. The lowest BCUT2D eigenvalue weighted by atomic mass is 9.97. The van der Waals surface area contributed by atoms with Crippen LogP contribution >= 0.6 is 0 Å². The summed E-state index contributed by atoms with van der Waals surface area (Å²) in [6.07, 6.45) is 3.85. The summed E-state index contributed by atoms with van der Waals surface area (Å²) in [5.41, 5.74) is 2.80. The molecule has 0 amide bonds. The molecule has 0 radical (unpaired) electrons. The van der Waals surface area contributed by atoms with Crippen molar-refractivity contribution in [1.29, 1.82) is 0 Å². The van der Waals surface area contributed by atoms with Crippen LogP contribution in [0.4, 0.5) is 0 Å². The second kappa shape index (κ2) is 5.46. The Bertz CT molecular complexity index is 331. The zero-order valence-corrected chi connectivity index (χ0v) is 10.2. The standard InChI is InChI=1S/C14H21NO/c1-11-6-3-4-7-12(11)10-13(15-2)14-8-5-9-16-14/h3-4,6-7,13-15H,5,8-10H2,1-2H3/t13-,14+/m1/s1. The van der Waals surface area contributed by atoms with Gasteiger partial charge in [-0.15, -0.1) is 0 Å². The van der Waals surface area contributed by atoms with Crippen LogP contribution in [0.25, 0.3) is 0 Å². The normalized spacial score (nSPS) is 22.2. The minimum atomic E-state index is 0.393. The predicted molar refractivity (Wildman–Crippen MR) is 66.7 cm³/mol. The van der Waals surface area contributed by atoms with Gasteiger partial charge in [-0.3, -0.25) is 0 Å². The first-order valence-corrected chi connectivity index (χ1v) is 6.14. The Morgan fingerprint density at radius 1 is 1.44 bits per heavy atom. The van der Waals surface area contributed by atoms with E-state index in [4.69, 9.17) is 4.74 Å². The van der Waals surface area contributed by atoms with Crippen LogP contribution in [0.1, 0.15) is 24.0 Å². The van der Waals surface area contributed by atoms with Crippen LogP contribution in [0.3, 0.4) is 0 Å². The lowest BCUT2D eigenvalue weighted by Gasteiger charge is -2.23. The van der Waals surface area contributed by atoms with Gasteiger partial charge in [0.05, 0.1) is 6.10 Å². The second-order valence-electron chi connectivity index (χ2n) is 4.58. The van der Waals surface area contributed by atoms with Crippen molar-refractivity contribution in [2.75, 3.05) is 13.7 Å². The maximum absolute atomic E-state index is 5.76. The molecule has 0 spiro atoms. The summed E-state index contributed by atoms with van der Waals surface area (Å²) < 4.78 is 5.76. The van der Waals surface area contributed by atoms with Gasteiger partial charge in [0.2, 0.25) is 0 Å². The molecule has 1 aliphatic rings. The van der Waals surface area contributed by atoms with Crippen LogP contribution in [0.2, 0.25) is 0 Å². The number of ether oxygens (including phenoxy) is 1. The molecule has 0 bridgehead atoms. The average molecular weight is 219 g/mol. The molecule has 2 heteroatoms. The van der Waals surface area contributed by atoms with E-state index in [0.29, 0.717) is 12.1 Å². The van der Waals surface area contributed by atoms with Crippen molar-refractivity contribution in [2.45, 2.75) is 38.3 Å². The first-order valence-electron chi connectivity index (χ1n) is 6.14. The van der Waals surface area contributed by atoms with E-state index in [0.717, 1.165) is 13.0 Å². The lowest BCUT2D eigenvalue weighted by molar-refractivity contribution is 0.0808. The van der Waals surface area contributed by atoms with Gasteiger partial charge in [-0.1, -0.05) is 24.3 Å². The van der Waals surface area contributed by atoms with Crippen molar-refractivity contribution in [3.8, 4) is 0 Å². The molecule has 88 valence electrons. The molecule has 1 heterocycles. The Morgan fingerprint density at radius 3 is 2.88 bits per heavy atom. The van der Waals surface area contributed by atoms with E-state index in [1.807, 2.05) is 7.05 Å². The molecule has 0 saturated carbocycles. The van der Waals surface area contributed by atoms with Gasteiger partial charge in [0.25, 0.3) is 0 Å². The zero-order valence-electron chi connectivity index (χ0n) is 10.2. The van der Waals surface area contributed by atoms with Crippen LogP contribution in [-0.2, 0) is 11.2 Å².